The Bertz CT molecular complexity index is 360. The molecular weight excluding hydrogens is 246 g/mol. The van der Waals surface area contributed by atoms with Crippen LogP contribution in [-0.2, 0) is 4.74 Å². The molecule has 1 fully saturated rings. The first-order chi connectivity index (χ1) is 8.47. The highest BCUT2D eigenvalue weighted by atomic mass is 32.1. The van der Waals surface area contributed by atoms with Crippen LogP contribution in [-0.4, -0.2) is 31.5 Å². The molecule has 2 rings (SSSR count). The maximum absolute atomic E-state index is 9.47. The van der Waals surface area contributed by atoms with Crippen LogP contribution >= 0.6 is 11.3 Å². The Hall–Kier alpha value is -0.420. The fourth-order valence-electron chi connectivity index (χ4n) is 2.25. The Morgan fingerprint density at radius 3 is 2.61 bits per heavy atom. The molecule has 2 heterocycles. The average molecular weight is 269 g/mol. The number of rotatable bonds is 5. The second kappa shape index (κ2) is 5.29. The van der Waals surface area contributed by atoms with Gasteiger partial charge in [-0.2, -0.15) is 0 Å². The standard InChI is InChI=1S/C14H23NO2S/c1-13(2,3)12(11-5-4-6-18-11)15-7-14(8-16)9-17-10-14/h4-6,12,15-16H,7-10H2,1-3H3. The average Bonchev–Trinajstić information content (AvgIpc) is 2.73. The summed E-state index contributed by atoms with van der Waals surface area (Å²) < 4.78 is 5.24. The Balaban J connectivity index is 2.03. The number of hydrogen-bond donors (Lipinski definition) is 2. The van der Waals surface area contributed by atoms with Crippen LogP contribution in [0.1, 0.15) is 31.7 Å². The van der Waals surface area contributed by atoms with Gasteiger partial charge in [0.1, 0.15) is 0 Å². The number of aliphatic hydroxyl groups is 1. The molecule has 2 N–H and O–H groups in total. The molecule has 0 spiro atoms. The normalized spacial score (nSPS) is 20.4. The lowest BCUT2D eigenvalue weighted by Crippen LogP contribution is -2.53. The van der Waals surface area contributed by atoms with Crippen molar-refractivity contribution in [3.8, 4) is 0 Å². The van der Waals surface area contributed by atoms with E-state index in [-0.39, 0.29) is 17.4 Å². The summed E-state index contributed by atoms with van der Waals surface area (Å²) in [4.78, 5) is 1.36. The molecule has 3 nitrogen and oxygen atoms in total. The molecule has 1 saturated heterocycles. The summed E-state index contributed by atoms with van der Waals surface area (Å²) in [6.45, 7) is 9.06. The second-order valence-corrected chi connectivity index (χ2v) is 7.33. The number of thiophene rings is 1. The zero-order chi connectivity index (χ0) is 13.2. The van der Waals surface area contributed by atoms with E-state index in [0.29, 0.717) is 19.3 Å². The Labute approximate surface area is 113 Å². The molecule has 0 radical (unpaired) electrons. The molecule has 1 aromatic rings. The lowest BCUT2D eigenvalue weighted by atomic mass is 9.82. The van der Waals surface area contributed by atoms with E-state index in [1.165, 1.54) is 4.88 Å². The van der Waals surface area contributed by atoms with Crippen molar-refractivity contribution < 1.29 is 9.84 Å². The summed E-state index contributed by atoms with van der Waals surface area (Å²) in [5.74, 6) is 0. The van der Waals surface area contributed by atoms with E-state index in [2.05, 4.69) is 43.6 Å². The zero-order valence-corrected chi connectivity index (χ0v) is 12.2. The van der Waals surface area contributed by atoms with Gasteiger partial charge in [-0.05, 0) is 16.9 Å². The monoisotopic (exact) mass is 269 g/mol. The largest absolute Gasteiger partial charge is 0.396 e. The van der Waals surface area contributed by atoms with Gasteiger partial charge in [0.25, 0.3) is 0 Å². The summed E-state index contributed by atoms with van der Waals surface area (Å²) in [5, 5.41) is 15.2. The Morgan fingerprint density at radius 2 is 2.22 bits per heavy atom. The fourth-order valence-corrected chi connectivity index (χ4v) is 3.29. The van der Waals surface area contributed by atoms with E-state index in [4.69, 9.17) is 4.74 Å². The maximum Gasteiger partial charge on any atom is 0.0579 e. The van der Waals surface area contributed by atoms with Crippen LogP contribution in [0.2, 0.25) is 0 Å². The highest BCUT2D eigenvalue weighted by molar-refractivity contribution is 7.10. The zero-order valence-electron chi connectivity index (χ0n) is 11.4. The van der Waals surface area contributed by atoms with Crippen molar-refractivity contribution in [2.75, 3.05) is 26.4 Å². The molecule has 0 saturated carbocycles. The van der Waals surface area contributed by atoms with Gasteiger partial charge in [-0.3, -0.25) is 0 Å². The first-order valence-electron chi connectivity index (χ1n) is 6.42. The van der Waals surface area contributed by atoms with E-state index in [1.807, 2.05) is 0 Å². The Kier molecular flexibility index (Phi) is 4.11. The van der Waals surface area contributed by atoms with Crippen LogP contribution in [0.25, 0.3) is 0 Å². The van der Waals surface area contributed by atoms with Gasteiger partial charge in [-0.1, -0.05) is 26.8 Å². The highest BCUT2D eigenvalue weighted by Gasteiger charge is 2.39. The van der Waals surface area contributed by atoms with Crippen LogP contribution in [0.3, 0.4) is 0 Å². The fraction of sp³-hybridized carbons (Fsp3) is 0.714. The molecule has 18 heavy (non-hydrogen) atoms. The summed E-state index contributed by atoms with van der Waals surface area (Å²) in [6, 6.07) is 4.59. The van der Waals surface area contributed by atoms with Gasteiger partial charge in [-0.25, -0.2) is 0 Å². The summed E-state index contributed by atoms with van der Waals surface area (Å²) in [6.07, 6.45) is 0. The quantitative estimate of drug-likeness (QED) is 0.862. The lowest BCUT2D eigenvalue weighted by Gasteiger charge is -2.42. The first-order valence-corrected chi connectivity index (χ1v) is 7.30. The summed E-state index contributed by atoms with van der Waals surface area (Å²) >= 11 is 1.79. The third-order valence-corrected chi connectivity index (χ3v) is 4.46. The molecule has 1 aromatic heterocycles. The van der Waals surface area contributed by atoms with Crippen LogP contribution in [0.15, 0.2) is 17.5 Å². The Morgan fingerprint density at radius 1 is 1.50 bits per heavy atom. The van der Waals surface area contributed by atoms with Crippen LogP contribution in [0, 0.1) is 10.8 Å². The number of aliphatic hydroxyl groups excluding tert-OH is 1. The smallest absolute Gasteiger partial charge is 0.0579 e. The van der Waals surface area contributed by atoms with Gasteiger partial charge in [0, 0.05) is 17.5 Å². The van der Waals surface area contributed by atoms with Crippen molar-refractivity contribution in [2.24, 2.45) is 10.8 Å². The van der Waals surface area contributed by atoms with E-state index in [1.54, 1.807) is 11.3 Å². The van der Waals surface area contributed by atoms with Crippen molar-refractivity contribution in [2.45, 2.75) is 26.8 Å². The summed E-state index contributed by atoms with van der Waals surface area (Å²) in [5.41, 5.74) is 0.0901. The van der Waals surface area contributed by atoms with Crippen LogP contribution in [0.4, 0.5) is 0 Å². The third-order valence-electron chi connectivity index (χ3n) is 3.53. The highest BCUT2D eigenvalue weighted by Crippen LogP contribution is 2.36. The molecule has 1 unspecified atom stereocenters. The predicted molar refractivity (Wildman–Crippen MR) is 74.9 cm³/mol. The third kappa shape index (κ3) is 2.94. The summed E-state index contributed by atoms with van der Waals surface area (Å²) in [7, 11) is 0. The molecule has 0 aromatic carbocycles. The van der Waals surface area contributed by atoms with Gasteiger partial charge < -0.3 is 15.2 Å². The van der Waals surface area contributed by atoms with Crippen LogP contribution in [0.5, 0.6) is 0 Å². The van der Waals surface area contributed by atoms with E-state index in [0.717, 1.165) is 6.54 Å². The molecule has 1 aliphatic rings. The minimum atomic E-state index is -0.0687. The lowest BCUT2D eigenvalue weighted by molar-refractivity contribution is -0.136. The van der Waals surface area contributed by atoms with Crippen molar-refractivity contribution in [1.82, 2.24) is 5.32 Å². The molecule has 4 heteroatoms. The van der Waals surface area contributed by atoms with E-state index >= 15 is 0 Å². The SMILES string of the molecule is CC(C)(C)C(NCC1(CO)COC1)c1cccs1. The van der Waals surface area contributed by atoms with Gasteiger partial charge in [-0.15, -0.1) is 11.3 Å². The van der Waals surface area contributed by atoms with Crippen molar-refractivity contribution in [3.05, 3.63) is 22.4 Å². The van der Waals surface area contributed by atoms with E-state index < -0.39 is 0 Å². The van der Waals surface area contributed by atoms with Crippen molar-refractivity contribution in [1.29, 1.82) is 0 Å². The topological polar surface area (TPSA) is 41.5 Å². The van der Waals surface area contributed by atoms with Crippen molar-refractivity contribution >= 4 is 11.3 Å². The number of ether oxygens (including phenoxy) is 1. The molecular formula is C14H23NO2S. The molecule has 0 aliphatic carbocycles. The number of nitrogens with one attached hydrogen (secondary N) is 1. The minimum Gasteiger partial charge on any atom is -0.396 e. The van der Waals surface area contributed by atoms with Crippen LogP contribution < -0.4 is 5.32 Å². The second-order valence-electron chi connectivity index (χ2n) is 6.35. The molecule has 102 valence electrons. The van der Waals surface area contributed by atoms with Gasteiger partial charge in [0.2, 0.25) is 0 Å². The van der Waals surface area contributed by atoms with Crippen molar-refractivity contribution in [3.63, 3.8) is 0 Å². The van der Waals surface area contributed by atoms with Gasteiger partial charge in [0.05, 0.1) is 25.2 Å². The molecule has 1 atom stereocenters. The molecule has 0 amide bonds. The van der Waals surface area contributed by atoms with Gasteiger partial charge >= 0.3 is 0 Å². The first kappa shape index (κ1) is 14.0. The maximum atomic E-state index is 9.47. The van der Waals surface area contributed by atoms with Gasteiger partial charge in [0.15, 0.2) is 0 Å². The molecule has 1 aliphatic heterocycles. The molecule has 0 bridgehead atoms. The van der Waals surface area contributed by atoms with E-state index in [9.17, 15) is 5.11 Å². The minimum absolute atomic E-state index is 0.0687. The predicted octanol–water partition coefficient (Wildman–Crippen LogP) is 2.43. The number of hydrogen-bond acceptors (Lipinski definition) is 4.